The molecule has 1 fully saturated rings. The molecular formula is C23H28N2O5. The van der Waals surface area contributed by atoms with Crippen LogP contribution in [0.15, 0.2) is 60.7 Å². The van der Waals surface area contributed by atoms with E-state index in [9.17, 15) is 14.7 Å². The van der Waals surface area contributed by atoms with Gasteiger partial charge >= 0.3 is 6.09 Å². The van der Waals surface area contributed by atoms with Gasteiger partial charge in [-0.05, 0) is 23.5 Å². The molecule has 2 aromatic rings. The number of carbonyl (C=O) groups excluding carboxylic acids is 2. The van der Waals surface area contributed by atoms with Crippen LogP contribution in [0, 0.1) is 5.92 Å². The summed E-state index contributed by atoms with van der Waals surface area (Å²) in [5.74, 6) is -0.0612. The molecule has 4 atom stereocenters. The molecule has 1 aliphatic rings. The SMILES string of the molecule is CC(CC=O)COC(=O)NN1C(Cc2ccccc2)OC(O)C1Cc1ccccc1. The zero-order valence-corrected chi connectivity index (χ0v) is 17.0. The molecule has 0 radical (unpaired) electrons. The molecular weight excluding hydrogens is 384 g/mol. The third kappa shape index (κ3) is 6.13. The molecule has 30 heavy (non-hydrogen) atoms. The van der Waals surface area contributed by atoms with Gasteiger partial charge in [0.05, 0.1) is 12.6 Å². The van der Waals surface area contributed by atoms with E-state index in [1.807, 2.05) is 67.6 Å². The number of nitrogens with one attached hydrogen (secondary N) is 1. The van der Waals surface area contributed by atoms with Crippen LogP contribution in [0.4, 0.5) is 4.79 Å². The summed E-state index contributed by atoms with van der Waals surface area (Å²) >= 11 is 0. The van der Waals surface area contributed by atoms with Crippen LogP contribution in [-0.2, 0) is 27.1 Å². The number of hydrazine groups is 1. The fourth-order valence-corrected chi connectivity index (χ4v) is 3.43. The average Bonchev–Trinajstić information content (AvgIpc) is 3.02. The molecule has 0 bridgehead atoms. The first-order valence-electron chi connectivity index (χ1n) is 10.1. The van der Waals surface area contributed by atoms with Gasteiger partial charge in [-0.3, -0.25) is 5.43 Å². The van der Waals surface area contributed by atoms with Gasteiger partial charge in [-0.25, -0.2) is 4.79 Å². The zero-order chi connectivity index (χ0) is 21.3. The van der Waals surface area contributed by atoms with Gasteiger partial charge < -0.3 is 19.4 Å². The standard InChI is InChI=1S/C23H28N2O5/c1-17(12-13-26)16-29-23(28)24-25-20(14-18-8-4-2-5-9-18)22(27)30-21(25)15-19-10-6-3-7-11-19/h2-11,13,17,20-22,27H,12,14-16H2,1H3,(H,24,28). The zero-order valence-electron chi connectivity index (χ0n) is 17.0. The van der Waals surface area contributed by atoms with Gasteiger partial charge in [-0.15, -0.1) is 0 Å². The molecule has 3 rings (SSSR count). The third-order valence-corrected chi connectivity index (χ3v) is 5.05. The Labute approximate surface area is 176 Å². The minimum Gasteiger partial charge on any atom is -0.448 e. The minimum atomic E-state index is -1.06. The summed E-state index contributed by atoms with van der Waals surface area (Å²) in [7, 11) is 0. The number of rotatable bonds is 9. The average molecular weight is 412 g/mol. The number of nitrogens with zero attached hydrogens (tertiary/aromatic N) is 1. The van der Waals surface area contributed by atoms with Gasteiger partial charge in [0, 0.05) is 12.8 Å². The van der Waals surface area contributed by atoms with E-state index in [-0.39, 0.29) is 12.5 Å². The third-order valence-electron chi connectivity index (χ3n) is 5.05. The molecule has 7 heteroatoms. The lowest BCUT2D eigenvalue weighted by molar-refractivity contribution is -0.108. The first-order chi connectivity index (χ1) is 14.6. The highest BCUT2D eigenvalue weighted by Crippen LogP contribution is 2.26. The van der Waals surface area contributed by atoms with Crippen molar-refractivity contribution in [1.82, 2.24) is 10.4 Å². The van der Waals surface area contributed by atoms with Crippen LogP contribution in [0.25, 0.3) is 0 Å². The maximum absolute atomic E-state index is 12.4. The number of hydrogen-bond acceptors (Lipinski definition) is 6. The van der Waals surface area contributed by atoms with Crippen LogP contribution in [-0.4, -0.2) is 47.7 Å². The summed E-state index contributed by atoms with van der Waals surface area (Å²) in [6.07, 6.45) is -0.125. The van der Waals surface area contributed by atoms with Gasteiger partial charge in [-0.2, -0.15) is 5.01 Å². The van der Waals surface area contributed by atoms with E-state index in [0.29, 0.717) is 19.3 Å². The highest BCUT2D eigenvalue weighted by Gasteiger charge is 2.42. The molecule has 0 aromatic heterocycles. The van der Waals surface area contributed by atoms with Crippen molar-refractivity contribution in [3.05, 3.63) is 71.8 Å². The quantitative estimate of drug-likeness (QED) is 0.616. The monoisotopic (exact) mass is 412 g/mol. The highest BCUT2D eigenvalue weighted by atomic mass is 16.6. The highest BCUT2D eigenvalue weighted by molar-refractivity contribution is 5.66. The second-order valence-electron chi connectivity index (χ2n) is 7.55. The van der Waals surface area contributed by atoms with Crippen molar-refractivity contribution in [2.45, 2.75) is 44.7 Å². The molecule has 2 aromatic carbocycles. The maximum atomic E-state index is 12.4. The molecule has 4 unspecified atom stereocenters. The fourth-order valence-electron chi connectivity index (χ4n) is 3.43. The normalized spacial score (nSPS) is 22.4. The number of ether oxygens (including phenoxy) is 2. The number of benzene rings is 2. The van der Waals surface area contributed by atoms with E-state index in [1.165, 1.54) is 0 Å². The lowest BCUT2D eigenvalue weighted by Crippen LogP contribution is -2.52. The van der Waals surface area contributed by atoms with Crippen molar-refractivity contribution in [2.24, 2.45) is 5.92 Å². The Morgan fingerprint density at radius 2 is 1.73 bits per heavy atom. The summed E-state index contributed by atoms with van der Waals surface area (Å²) in [6, 6.07) is 19.0. The summed E-state index contributed by atoms with van der Waals surface area (Å²) in [4.78, 5) is 23.0. The molecule has 7 nitrogen and oxygen atoms in total. The number of carbonyl (C=O) groups is 2. The van der Waals surface area contributed by atoms with Crippen molar-refractivity contribution in [3.63, 3.8) is 0 Å². The molecule has 1 heterocycles. The van der Waals surface area contributed by atoms with Crippen LogP contribution in [0.5, 0.6) is 0 Å². The van der Waals surface area contributed by atoms with E-state index in [1.54, 1.807) is 5.01 Å². The van der Waals surface area contributed by atoms with Crippen LogP contribution in [0.2, 0.25) is 0 Å². The molecule has 0 saturated carbocycles. The van der Waals surface area contributed by atoms with Crippen molar-refractivity contribution < 1.29 is 24.2 Å². The van der Waals surface area contributed by atoms with Crippen LogP contribution in [0.3, 0.4) is 0 Å². The number of aliphatic hydroxyl groups excluding tert-OH is 1. The molecule has 2 N–H and O–H groups in total. The Bertz CT molecular complexity index is 802. The van der Waals surface area contributed by atoms with Gasteiger partial charge in [0.1, 0.15) is 12.5 Å². The lowest BCUT2D eigenvalue weighted by Gasteiger charge is -2.28. The lowest BCUT2D eigenvalue weighted by atomic mass is 10.1. The second kappa shape index (κ2) is 10.9. The summed E-state index contributed by atoms with van der Waals surface area (Å²) in [5, 5.41) is 12.2. The molecule has 0 aliphatic carbocycles. The maximum Gasteiger partial charge on any atom is 0.421 e. The topological polar surface area (TPSA) is 88.1 Å². The Hall–Kier alpha value is -2.74. The number of aldehydes is 1. The van der Waals surface area contributed by atoms with E-state index < -0.39 is 24.7 Å². The van der Waals surface area contributed by atoms with Crippen molar-refractivity contribution in [1.29, 1.82) is 0 Å². The number of hydrogen-bond donors (Lipinski definition) is 2. The van der Waals surface area contributed by atoms with Gasteiger partial charge in [0.2, 0.25) is 0 Å². The predicted molar refractivity (Wildman–Crippen MR) is 111 cm³/mol. The summed E-state index contributed by atoms with van der Waals surface area (Å²) < 4.78 is 11.1. The van der Waals surface area contributed by atoms with E-state index >= 15 is 0 Å². The molecule has 1 aliphatic heterocycles. The van der Waals surface area contributed by atoms with Crippen LogP contribution < -0.4 is 5.43 Å². The molecule has 1 amide bonds. The van der Waals surface area contributed by atoms with Crippen molar-refractivity contribution >= 4 is 12.4 Å². The first kappa shape index (κ1) is 22.0. The molecule has 160 valence electrons. The van der Waals surface area contributed by atoms with Crippen molar-refractivity contribution in [3.8, 4) is 0 Å². The van der Waals surface area contributed by atoms with E-state index in [0.717, 1.165) is 17.4 Å². The van der Waals surface area contributed by atoms with Gasteiger partial charge in [0.25, 0.3) is 0 Å². The minimum absolute atomic E-state index is 0.0612. The smallest absolute Gasteiger partial charge is 0.421 e. The predicted octanol–water partition coefficient (Wildman–Crippen LogP) is 2.68. The Morgan fingerprint density at radius 3 is 2.33 bits per heavy atom. The number of aliphatic hydroxyl groups is 1. The molecule has 0 spiro atoms. The van der Waals surface area contributed by atoms with Crippen molar-refractivity contribution in [2.75, 3.05) is 6.61 Å². The van der Waals surface area contributed by atoms with Gasteiger partial charge in [-0.1, -0.05) is 67.6 Å². The first-order valence-corrected chi connectivity index (χ1v) is 10.1. The van der Waals surface area contributed by atoms with Crippen LogP contribution >= 0.6 is 0 Å². The summed E-state index contributed by atoms with van der Waals surface area (Å²) in [5.41, 5.74) is 4.79. The Morgan fingerprint density at radius 1 is 1.13 bits per heavy atom. The Kier molecular flexibility index (Phi) is 7.96. The van der Waals surface area contributed by atoms with Crippen LogP contribution in [0.1, 0.15) is 24.5 Å². The van der Waals surface area contributed by atoms with Gasteiger partial charge in [0.15, 0.2) is 6.29 Å². The van der Waals surface area contributed by atoms with E-state index in [2.05, 4.69) is 5.43 Å². The van der Waals surface area contributed by atoms with E-state index in [4.69, 9.17) is 9.47 Å². The number of amides is 1. The second-order valence-corrected chi connectivity index (χ2v) is 7.55. The summed E-state index contributed by atoms with van der Waals surface area (Å²) in [6.45, 7) is 1.97. The Balaban J connectivity index is 1.71. The fraction of sp³-hybridized carbons (Fsp3) is 0.391. The largest absolute Gasteiger partial charge is 0.448 e. The molecule has 1 saturated heterocycles.